The highest BCUT2D eigenvalue weighted by Crippen LogP contribution is 2.44. The number of carbonyl (C=O) groups is 1. The second-order valence-electron chi connectivity index (χ2n) is 7.33. The van der Waals surface area contributed by atoms with Crippen molar-refractivity contribution in [1.29, 1.82) is 0 Å². The van der Waals surface area contributed by atoms with E-state index in [1.54, 1.807) is 7.11 Å². The molecular weight excluding hydrogens is 324 g/mol. The number of methoxy groups -OCH3 is 1. The van der Waals surface area contributed by atoms with Gasteiger partial charge in [-0.15, -0.1) is 0 Å². The molecule has 132 valence electrons. The second kappa shape index (κ2) is 5.99. The summed E-state index contributed by atoms with van der Waals surface area (Å²) in [4.78, 5) is 18.8. The molecular formula is C22H22N2O2. The molecule has 0 amide bonds. The molecule has 0 radical (unpaired) electrons. The van der Waals surface area contributed by atoms with Crippen molar-refractivity contribution in [2.45, 2.75) is 37.9 Å². The Morgan fingerprint density at radius 1 is 1.15 bits per heavy atom. The van der Waals surface area contributed by atoms with E-state index in [0.29, 0.717) is 12.2 Å². The highest BCUT2D eigenvalue weighted by Gasteiger charge is 2.43. The molecule has 3 aromatic rings. The Kier molecular flexibility index (Phi) is 3.61. The van der Waals surface area contributed by atoms with Crippen molar-refractivity contribution in [3.63, 3.8) is 0 Å². The molecule has 26 heavy (non-hydrogen) atoms. The maximum atomic E-state index is 12.7. The standard InChI is InChI=1S/C22H22N2O2/c1-26-15-7-8-18-16(11-15)17-12-20-21(25)10-9-19(22(17)23-18)24(20)13-14-5-3-2-4-6-14/h2-8,11,19-20,23H,9-10,12-13H2,1H3/t19-,20-/m0/s1. The molecule has 0 spiro atoms. The molecule has 2 aliphatic rings. The summed E-state index contributed by atoms with van der Waals surface area (Å²) < 4.78 is 5.41. The average molecular weight is 346 g/mol. The number of Topliss-reactive ketones (excluding diaryl/α,β-unsaturated/α-hetero) is 1. The van der Waals surface area contributed by atoms with Gasteiger partial charge in [-0.1, -0.05) is 30.3 Å². The fourth-order valence-corrected chi connectivity index (χ4v) is 4.64. The largest absolute Gasteiger partial charge is 0.497 e. The van der Waals surface area contributed by atoms with E-state index in [0.717, 1.165) is 30.7 Å². The first kappa shape index (κ1) is 15.6. The van der Waals surface area contributed by atoms with Crippen LogP contribution >= 0.6 is 0 Å². The number of nitrogens with one attached hydrogen (secondary N) is 1. The minimum atomic E-state index is -0.0216. The lowest BCUT2D eigenvalue weighted by Crippen LogP contribution is -2.51. The van der Waals surface area contributed by atoms with Crippen LogP contribution in [-0.4, -0.2) is 28.8 Å². The first-order chi connectivity index (χ1) is 12.7. The Balaban J connectivity index is 1.60. The first-order valence-electron chi connectivity index (χ1n) is 9.25. The van der Waals surface area contributed by atoms with E-state index in [1.165, 1.54) is 22.2 Å². The van der Waals surface area contributed by atoms with Crippen molar-refractivity contribution < 1.29 is 9.53 Å². The Morgan fingerprint density at radius 2 is 2.00 bits per heavy atom. The van der Waals surface area contributed by atoms with Gasteiger partial charge in [0.15, 0.2) is 0 Å². The topological polar surface area (TPSA) is 45.3 Å². The highest BCUT2D eigenvalue weighted by molar-refractivity contribution is 5.91. The maximum absolute atomic E-state index is 12.7. The number of piperidine rings is 1. The maximum Gasteiger partial charge on any atom is 0.150 e. The van der Waals surface area contributed by atoms with Crippen LogP contribution in [0.25, 0.3) is 10.9 Å². The number of benzene rings is 2. The molecule has 4 nitrogen and oxygen atoms in total. The van der Waals surface area contributed by atoms with Crippen LogP contribution in [0.2, 0.25) is 0 Å². The van der Waals surface area contributed by atoms with Crippen molar-refractivity contribution in [2.75, 3.05) is 7.11 Å². The number of carbonyl (C=O) groups excluding carboxylic acids is 1. The molecule has 2 bridgehead atoms. The molecule has 1 saturated heterocycles. The van der Waals surface area contributed by atoms with Gasteiger partial charge in [0.2, 0.25) is 0 Å². The number of aromatic nitrogens is 1. The van der Waals surface area contributed by atoms with Gasteiger partial charge in [-0.25, -0.2) is 0 Å². The quantitative estimate of drug-likeness (QED) is 0.779. The minimum absolute atomic E-state index is 0.0216. The van der Waals surface area contributed by atoms with Crippen LogP contribution in [0.15, 0.2) is 48.5 Å². The molecule has 0 unspecified atom stereocenters. The molecule has 1 fully saturated rings. The average Bonchev–Trinajstić information content (AvgIpc) is 3.03. The molecule has 0 saturated carbocycles. The van der Waals surface area contributed by atoms with E-state index < -0.39 is 0 Å². The molecule has 2 atom stereocenters. The summed E-state index contributed by atoms with van der Waals surface area (Å²) in [5.74, 6) is 1.24. The highest BCUT2D eigenvalue weighted by atomic mass is 16.5. The normalized spacial score (nSPS) is 22.4. The van der Waals surface area contributed by atoms with E-state index in [4.69, 9.17) is 4.74 Å². The zero-order valence-electron chi connectivity index (χ0n) is 14.9. The number of aromatic amines is 1. The monoisotopic (exact) mass is 346 g/mol. The number of ketones is 1. The summed E-state index contributed by atoms with van der Waals surface area (Å²) in [5.41, 5.74) is 4.98. The number of hydrogen-bond donors (Lipinski definition) is 1. The van der Waals surface area contributed by atoms with Crippen LogP contribution in [0.3, 0.4) is 0 Å². The first-order valence-corrected chi connectivity index (χ1v) is 9.25. The van der Waals surface area contributed by atoms with E-state index in [2.05, 4.69) is 46.3 Å². The molecule has 0 aliphatic carbocycles. The third kappa shape index (κ3) is 2.36. The number of rotatable bonds is 3. The zero-order chi connectivity index (χ0) is 17.7. The Labute approximate surface area is 152 Å². The Morgan fingerprint density at radius 3 is 2.81 bits per heavy atom. The van der Waals surface area contributed by atoms with Gasteiger partial charge in [0.25, 0.3) is 0 Å². The molecule has 2 aromatic carbocycles. The van der Waals surface area contributed by atoms with Crippen molar-refractivity contribution >= 4 is 16.7 Å². The number of nitrogens with zero attached hydrogens (tertiary/aromatic N) is 1. The van der Waals surface area contributed by atoms with E-state index >= 15 is 0 Å². The summed E-state index contributed by atoms with van der Waals surface area (Å²) in [6, 6.07) is 16.9. The van der Waals surface area contributed by atoms with Crippen molar-refractivity contribution in [2.24, 2.45) is 0 Å². The number of ether oxygens (including phenoxy) is 1. The van der Waals surface area contributed by atoms with Crippen LogP contribution in [-0.2, 0) is 17.8 Å². The van der Waals surface area contributed by atoms with Crippen LogP contribution in [0.1, 0.15) is 35.7 Å². The molecule has 1 aromatic heterocycles. The third-order valence-electron chi connectivity index (χ3n) is 5.92. The Bertz CT molecular complexity index is 976. The van der Waals surface area contributed by atoms with Gasteiger partial charge in [-0.3, -0.25) is 9.69 Å². The predicted octanol–water partition coefficient (Wildman–Crippen LogP) is 4.01. The van der Waals surface area contributed by atoms with E-state index in [9.17, 15) is 4.79 Å². The summed E-state index contributed by atoms with van der Waals surface area (Å²) in [7, 11) is 1.69. The van der Waals surface area contributed by atoms with Crippen LogP contribution in [0.4, 0.5) is 0 Å². The van der Waals surface area contributed by atoms with Gasteiger partial charge in [-0.05, 0) is 42.2 Å². The predicted molar refractivity (Wildman–Crippen MR) is 101 cm³/mol. The summed E-state index contributed by atoms with van der Waals surface area (Å²) in [6.07, 6.45) is 2.35. The lowest BCUT2D eigenvalue weighted by atomic mass is 9.81. The van der Waals surface area contributed by atoms with Crippen LogP contribution in [0.5, 0.6) is 5.75 Å². The van der Waals surface area contributed by atoms with Crippen molar-refractivity contribution in [3.05, 3.63) is 65.4 Å². The zero-order valence-corrected chi connectivity index (χ0v) is 14.9. The number of H-pyrrole nitrogens is 1. The van der Waals surface area contributed by atoms with Gasteiger partial charge in [0, 0.05) is 29.6 Å². The van der Waals surface area contributed by atoms with E-state index in [-0.39, 0.29) is 12.1 Å². The van der Waals surface area contributed by atoms with Gasteiger partial charge in [-0.2, -0.15) is 0 Å². The number of fused-ring (bicyclic) bond motifs is 6. The van der Waals surface area contributed by atoms with Gasteiger partial charge in [0.1, 0.15) is 11.5 Å². The van der Waals surface area contributed by atoms with Crippen LogP contribution < -0.4 is 4.74 Å². The van der Waals surface area contributed by atoms with Gasteiger partial charge in [0.05, 0.1) is 19.2 Å². The third-order valence-corrected chi connectivity index (χ3v) is 5.92. The fraction of sp³-hybridized carbons (Fsp3) is 0.318. The molecule has 4 heteroatoms. The van der Waals surface area contributed by atoms with Gasteiger partial charge >= 0.3 is 0 Å². The van der Waals surface area contributed by atoms with Gasteiger partial charge < -0.3 is 9.72 Å². The lowest BCUT2D eigenvalue weighted by molar-refractivity contribution is -0.130. The second-order valence-corrected chi connectivity index (χ2v) is 7.33. The number of hydrogen-bond acceptors (Lipinski definition) is 3. The Hall–Kier alpha value is -2.59. The SMILES string of the molecule is COc1ccc2[nH]c3c(c2c1)C[C@H]1C(=O)CC[C@@H]3N1Cc1ccccc1. The minimum Gasteiger partial charge on any atom is -0.497 e. The summed E-state index contributed by atoms with van der Waals surface area (Å²) in [5, 5.41) is 1.20. The van der Waals surface area contributed by atoms with Crippen molar-refractivity contribution in [1.82, 2.24) is 9.88 Å². The lowest BCUT2D eigenvalue weighted by Gasteiger charge is -2.45. The smallest absolute Gasteiger partial charge is 0.150 e. The van der Waals surface area contributed by atoms with E-state index in [1.807, 2.05) is 12.1 Å². The fourth-order valence-electron chi connectivity index (χ4n) is 4.64. The molecule has 2 aliphatic heterocycles. The molecule has 3 heterocycles. The summed E-state index contributed by atoms with van der Waals surface area (Å²) in [6.45, 7) is 0.819. The molecule has 5 rings (SSSR count). The van der Waals surface area contributed by atoms with Crippen molar-refractivity contribution in [3.8, 4) is 5.75 Å². The van der Waals surface area contributed by atoms with Crippen LogP contribution in [0, 0.1) is 0 Å². The molecule has 1 N–H and O–H groups in total. The summed E-state index contributed by atoms with van der Waals surface area (Å²) >= 11 is 0.